The Kier molecular flexibility index (Phi) is 10.3. The largest absolute Gasteiger partial charge is 0.495 e. The summed E-state index contributed by atoms with van der Waals surface area (Å²) in [6.45, 7) is 9.10. The van der Waals surface area contributed by atoms with Crippen LogP contribution in [0.3, 0.4) is 0 Å². The molecule has 0 spiro atoms. The van der Waals surface area contributed by atoms with Gasteiger partial charge in [-0.25, -0.2) is 4.79 Å². The number of ether oxygens (including phenoxy) is 2. The average molecular weight is 321 g/mol. The first kappa shape index (κ1) is 20.2. The summed E-state index contributed by atoms with van der Waals surface area (Å²) in [4.78, 5) is 22.0. The fourth-order valence-corrected chi connectivity index (χ4v) is 1.39. The SMILES string of the molecule is C=CCOC(=O)/C(C)=N/Nc1ccc(OC)c(NC=O)c1.CC. The fraction of sp³-hybridized carbons (Fsp3) is 0.312. The van der Waals surface area contributed by atoms with Gasteiger partial charge in [0.25, 0.3) is 0 Å². The van der Waals surface area contributed by atoms with Crippen molar-refractivity contribution in [2.75, 3.05) is 24.5 Å². The van der Waals surface area contributed by atoms with Crippen LogP contribution in [0.15, 0.2) is 36.0 Å². The molecule has 0 saturated heterocycles. The first-order valence-corrected chi connectivity index (χ1v) is 7.09. The molecule has 7 nitrogen and oxygen atoms in total. The molecule has 0 atom stereocenters. The van der Waals surface area contributed by atoms with Gasteiger partial charge in [0.05, 0.1) is 18.5 Å². The molecule has 0 aliphatic rings. The molecule has 0 aliphatic carbocycles. The van der Waals surface area contributed by atoms with Crippen molar-refractivity contribution in [2.45, 2.75) is 20.8 Å². The number of hydrogen-bond acceptors (Lipinski definition) is 6. The van der Waals surface area contributed by atoms with E-state index in [9.17, 15) is 9.59 Å². The molecule has 0 heterocycles. The Morgan fingerprint density at radius 2 is 2.09 bits per heavy atom. The summed E-state index contributed by atoms with van der Waals surface area (Å²) in [6.07, 6.45) is 2.02. The average Bonchev–Trinajstić information content (AvgIpc) is 2.59. The van der Waals surface area contributed by atoms with Gasteiger partial charge in [0.1, 0.15) is 18.1 Å². The normalized spacial score (nSPS) is 9.83. The maximum Gasteiger partial charge on any atom is 0.354 e. The van der Waals surface area contributed by atoms with Crippen LogP contribution in [0.2, 0.25) is 0 Å². The third-order valence-electron chi connectivity index (χ3n) is 2.39. The Balaban J connectivity index is 0.00000232. The molecule has 0 fully saturated rings. The van der Waals surface area contributed by atoms with E-state index in [0.717, 1.165) is 0 Å². The van der Waals surface area contributed by atoms with E-state index in [-0.39, 0.29) is 12.3 Å². The Hall–Kier alpha value is -2.83. The van der Waals surface area contributed by atoms with Crippen LogP contribution in [0.1, 0.15) is 20.8 Å². The van der Waals surface area contributed by atoms with Crippen LogP contribution in [0, 0.1) is 0 Å². The fourth-order valence-electron chi connectivity index (χ4n) is 1.39. The molecule has 1 aromatic carbocycles. The van der Waals surface area contributed by atoms with Gasteiger partial charge < -0.3 is 14.8 Å². The molecule has 0 aromatic heterocycles. The van der Waals surface area contributed by atoms with E-state index >= 15 is 0 Å². The second kappa shape index (κ2) is 11.8. The lowest BCUT2D eigenvalue weighted by atomic mass is 10.2. The lowest BCUT2D eigenvalue weighted by molar-refractivity contribution is -0.134. The highest BCUT2D eigenvalue weighted by molar-refractivity contribution is 6.35. The van der Waals surface area contributed by atoms with Crippen LogP contribution in [-0.2, 0) is 14.3 Å². The van der Waals surface area contributed by atoms with Gasteiger partial charge in [0.15, 0.2) is 0 Å². The van der Waals surface area contributed by atoms with Gasteiger partial charge >= 0.3 is 5.97 Å². The molecule has 7 heteroatoms. The van der Waals surface area contributed by atoms with Gasteiger partial charge in [-0.15, -0.1) is 0 Å². The summed E-state index contributed by atoms with van der Waals surface area (Å²) in [6, 6.07) is 4.98. The maximum absolute atomic E-state index is 11.5. The monoisotopic (exact) mass is 321 g/mol. The number of benzene rings is 1. The Labute approximate surface area is 136 Å². The molecule has 0 bridgehead atoms. The zero-order chi connectivity index (χ0) is 17.7. The van der Waals surface area contributed by atoms with E-state index < -0.39 is 5.97 Å². The van der Waals surface area contributed by atoms with Gasteiger partial charge in [-0.3, -0.25) is 10.2 Å². The number of carbonyl (C=O) groups is 2. The van der Waals surface area contributed by atoms with Crippen molar-refractivity contribution >= 4 is 29.5 Å². The second-order valence-electron chi connectivity index (χ2n) is 3.87. The number of anilines is 2. The number of methoxy groups -OCH3 is 1. The quantitative estimate of drug-likeness (QED) is 0.253. The third kappa shape index (κ3) is 7.12. The molecule has 0 radical (unpaired) electrons. The highest BCUT2D eigenvalue weighted by Gasteiger charge is 2.07. The number of carbonyl (C=O) groups excluding carboxylic acids is 2. The molecule has 0 saturated carbocycles. The standard InChI is InChI=1S/C14H17N3O4.C2H6/c1-4-7-21-14(19)10(2)16-17-11-5-6-13(20-3)12(8-11)15-9-18;1-2/h4-6,8-9,17H,1,7H2,2-3H3,(H,15,18);1-2H3/b16-10+;. The Morgan fingerprint density at radius 3 is 2.65 bits per heavy atom. The van der Waals surface area contributed by atoms with Gasteiger partial charge in [0.2, 0.25) is 6.41 Å². The predicted molar refractivity (Wildman–Crippen MR) is 91.9 cm³/mol. The van der Waals surface area contributed by atoms with E-state index in [0.29, 0.717) is 23.5 Å². The van der Waals surface area contributed by atoms with Crippen LogP contribution < -0.4 is 15.5 Å². The van der Waals surface area contributed by atoms with Gasteiger partial charge in [-0.05, 0) is 25.1 Å². The van der Waals surface area contributed by atoms with Crippen molar-refractivity contribution in [1.82, 2.24) is 0 Å². The van der Waals surface area contributed by atoms with Gasteiger partial charge in [-0.1, -0.05) is 26.5 Å². The lowest BCUT2D eigenvalue weighted by Gasteiger charge is -2.09. The molecule has 2 N–H and O–H groups in total. The molecule has 0 aliphatic heterocycles. The summed E-state index contributed by atoms with van der Waals surface area (Å²) in [5.41, 5.74) is 3.93. The van der Waals surface area contributed by atoms with Gasteiger partial charge in [0, 0.05) is 0 Å². The van der Waals surface area contributed by atoms with Crippen LogP contribution in [-0.4, -0.2) is 31.8 Å². The van der Waals surface area contributed by atoms with E-state index in [1.165, 1.54) is 20.1 Å². The molecule has 1 amide bonds. The summed E-state index contributed by atoms with van der Waals surface area (Å²) >= 11 is 0. The zero-order valence-electron chi connectivity index (χ0n) is 13.9. The van der Waals surface area contributed by atoms with E-state index in [1.54, 1.807) is 18.2 Å². The van der Waals surface area contributed by atoms with Crippen LogP contribution in [0.4, 0.5) is 11.4 Å². The summed E-state index contributed by atoms with van der Waals surface area (Å²) in [7, 11) is 1.50. The van der Waals surface area contributed by atoms with E-state index in [4.69, 9.17) is 9.47 Å². The van der Waals surface area contributed by atoms with E-state index in [1.807, 2.05) is 13.8 Å². The zero-order valence-corrected chi connectivity index (χ0v) is 13.9. The van der Waals surface area contributed by atoms with Gasteiger partial charge in [-0.2, -0.15) is 5.10 Å². The molecular formula is C16H23N3O4. The molecule has 0 unspecified atom stereocenters. The van der Waals surface area contributed by atoms with Crippen LogP contribution in [0.25, 0.3) is 0 Å². The number of hydrazone groups is 1. The number of nitrogens with one attached hydrogen (secondary N) is 2. The Bertz CT molecular complexity index is 556. The van der Waals surface area contributed by atoms with Crippen molar-refractivity contribution in [3.63, 3.8) is 0 Å². The topological polar surface area (TPSA) is 89.0 Å². The number of nitrogens with zero attached hydrogens (tertiary/aromatic N) is 1. The van der Waals surface area contributed by atoms with Crippen molar-refractivity contribution in [1.29, 1.82) is 0 Å². The third-order valence-corrected chi connectivity index (χ3v) is 2.39. The van der Waals surface area contributed by atoms with Crippen molar-refractivity contribution in [3.05, 3.63) is 30.9 Å². The molecular weight excluding hydrogens is 298 g/mol. The van der Waals surface area contributed by atoms with Crippen molar-refractivity contribution in [2.24, 2.45) is 5.10 Å². The number of amides is 1. The molecule has 1 rings (SSSR count). The summed E-state index contributed by atoms with van der Waals surface area (Å²) < 4.78 is 9.93. The number of esters is 1. The smallest absolute Gasteiger partial charge is 0.354 e. The minimum Gasteiger partial charge on any atom is -0.495 e. The molecule has 1 aromatic rings. The molecule has 23 heavy (non-hydrogen) atoms. The Morgan fingerprint density at radius 1 is 1.39 bits per heavy atom. The first-order chi connectivity index (χ1) is 11.1. The molecule has 126 valence electrons. The highest BCUT2D eigenvalue weighted by Crippen LogP contribution is 2.27. The van der Waals surface area contributed by atoms with E-state index in [2.05, 4.69) is 22.4 Å². The van der Waals surface area contributed by atoms with Crippen molar-refractivity contribution in [3.8, 4) is 5.75 Å². The predicted octanol–water partition coefficient (Wildman–Crippen LogP) is 2.81. The lowest BCUT2D eigenvalue weighted by Crippen LogP contribution is -2.15. The highest BCUT2D eigenvalue weighted by atomic mass is 16.5. The number of hydrogen-bond donors (Lipinski definition) is 2. The van der Waals surface area contributed by atoms with Crippen molar-refractivity contribution < 1.29 is 19.1 Å². The summed E-state index contributed by atoms with van der Waals surface area (Å²) in [5.74, 6) is -0.0269. The number of rotatable bonds is 8. The van der Waals surface area contributed by atoms with Crippen LogP contribution in [0.5, 0.6) is 5.75 Å². The minimum absolute atomic E-state index is 0.127. The first-order valence-electron chi connectivity index (χ1n) is 7.09. The summed E-state index contributed by atoms with van der Waals surface area (Å²) in [5, 5.41) is 6.41. The minimum atomic E-state index is -0.540. The maximum atomic E-state index is 11.5. The van der Waals surface area contributed by atoms with Crippen LogP contribution >= 0.6 is 0 Å². The second-order valence-corrected chi connectivity index (χ2v) is 3.87.